The van der Waals surface area contributed by atoms with Crippen molar-refractivity contribution >= 4 is 11.8 Å². The molecule has 1 aromatic rings. The van der Waals surface area contributed by atoms with Crippen LogP contribution in [-0.2, 0) is 22.3 Å². The fraction of sp³-hybridized carbons (Fsp3) is 0.619. The van der Waals surface area contributed by atoms with Crippen LogP contribution in [0.15, 0.2) is 18.2 Å². The summed E-state index contributed by atoms with van der Waals surface area (Å²) in [7, 11) is 0. The summed E-state index contributed by atoms with van der Waals surface area (Å²) in [5.74, 6) is 0.126. The topological polar surface area (TPSA) is 58.2 Å². The molecular formula is C21H24F4N2O2. The lowest BCUT2D eigenvalue weighted by Crippen LogP contribution is -2.54. The zero-order chi connectivity index (χ0) is 20.8. The SMILES string of the molecule is O=C(CNC(=O)C12CC3CC(CC(C3)C1)C2)NCc1ccc(F)cc1C(F)(F)F. The molecule has 0 aromatic heterocycles. The van der Waals surface area contributed by atoms with Crippen molar-refractivity contribution in [1.82, 2.24) is 10.6 Å². The maximum atomic E-state index is 13.2. The van der Waals surface area contributed by atoms with Crippen LogP contribution in [0.4, 0.5) is 17.6 Å². The molecule has 4 saturated carbocycles. The van der Waals surface area contributed by atoms with Crippen molar-refractivity contribution in [3.05, 3.63) is 35.1 Å². The van der Waals surface area contributed by atoms with Crippen molar-refractivity contribution in [3.8, 4) is 0 Å². The van der Waals surface area contributed by atoms with Gasteiger partial charge in [0.1, 0.15) is 5.82 Å². The highest BCUT2D eigenvalue weighted by Crippen LogP contribution is 2.60. The van der Waals surface area contributed by atoms with Crippen LogP contribution in [0.25, 0.3) is 0 Å². The van der Waals surface area contributed by atoms with E-state index in [1.807, 2.05) is 0 Å². The Morgan fingerprint density at radius 2 is 1.59 bits per heavy atom. The van der Waals surface area contributed by atoms with E-state index in [0.29, 0.717) is 23.8 Å². The first-order chi connectivity index (χ1) is 13.6. The molecule has 4 nitrogen and oxygen atoms in total. The van der Waals surface area contributed by atoms with Crippen LogP contribution < -0.4 is 10.6 Å². The summed E-state index contributed by atoms with van der Waals surface area (Å²) >= 11 is 0. The molecule has 2 amide bonds. The van der Waals surface area contributed by atoms with Gasteiger partial charge >= 0.3 is 6.18 Å². The summed E-state index contributed by atoms with van der Waals surface area (Å²) in [4.78, 5) is 24.9. The van der Waals surface area contributed by atoms with E-state index in [-0.39, 0.29) is 30.0 Å². The van der Waals surface area contributed by atoms with E-state index in [1.54, 1.807) is 0 Å². The van der Waals surface area contributed by atoms with Gasteiger partial charge in [-0.05, 0) is 74.0 Å². The molecule has 158 valence electrons. The van der Waals surface area contributed by atoms with Gasteiger partial charge in [0.2, 0.25) is 11.8 Å². The van der Waals surface area contributed by atoms with Gasteiger partial charge in [0.15, 0.2) is 0 Å². The predicted molar refractivity (Wildman–Crippen MR) is 96.9 cm³/mol. The number of benzene rings is 1. The van der Waals surface area contributed by atoms with Gasteiger partial charge in [-0.25, -0.2) is 4.39 Å². The number of alkyl halides is 3. The Morgan fingerprint density at radius 1 is 1.00 bits per heavy atom. The third-order valence-electron chi connectivity index (χ3n) is 6.78. The number of nitrogens with one attached hydrogen (secondary N) is 2. The quantitative estimate of drug-likeness (QED) is 0.723. The van der Waals surface area contributed by atoms with Crippen molar-refractivity contribution in [2.45, 2.75) is 51.2 Å². The normalized spacial score (nSPS) is 30.3. The number of carbonyl (C=O) groups is 2. The second kappa shape index (κ2) is 7.29. The summed E-state index contributed by atoms with van der Waals surface area (Å²) in [5.41, 5.74) is -1.72. The molecule has 0 radical (unpaired) electrons. The molecule has 4 aliphatic rings. The van der Waals surface area contributed by atoms with E-state index in [4.69, 9.17) is 0 Å². The molecule has 0 saturated heterocycles. The van der Waals surface area contributed by atoms with E-state index < -0.39 is 23.5 Å². The molecule has 29 heavy (non-hydrogen) atoms. The fourth-order valence-corrected chi connectivity index (χ4v) is 5.96. The summed E-state index contributed by atoms with van der Waals surface area (Å²) in [6.45, 7) is -0.662. The van der Waals surface area contributed by atoms with Crippen LogP contribution in [-0.4, -0.2) is 18.4 Å². The van der Waals surface area contributed by atoms with Crippen molar-refractivity contribution in [1.29, 1.82) is 0 Å². The van der Waals surface area contributed by atoms with Crippen molar-refractivity contribution in [2.75, 3.05) is 6.54 Å². The molecule has 4 fully saturated rings. The van der Waals surface area contributed by atoms with E-state index in [9.17, 15) is 27.2 Å². The maximum Gasteiger partial charge on any atom is 0.416 e. The Hall–Kier alpha value is -2.12. The molecule has 1 aromatic carbocycles. The van der Waals surface area contributed by atoms with Crippen LogP contribution in [0.2, 0.25) is 0 Å². The van der Waals surface area contributed by atoms with Gasteiger partial charge < -0.3 is 10.6 Å². The van der Waals surface area contributed by atoms with E-state index in [2.05, 4.69) is 10.6 Å². The summed E-state index contributed by atoms with van der Waals surface area (Å²) in [6.07, 6.45) is 1.50. The van der Waals surface area contributed by atoms with Gasteiger partial charge in [-0.1, -0.05) is 6.07 Å². The highest BCUT2D eigenvalue weighted by molar-refractivity contribution is 5.88. The van der Waals surface area contributed by atoms with Crippen molar-refractivity contribution in [3.63, 3.8) is 0 Å². The van der Waals surface area contributed by atoms with Gasteiger partial charge in [-0.15, -0.1) is 0 Å². The Morgan fingerprint density at radius 3 is 2.14 bits per heavy atom. The number of rotatable bonds is 5. The highest BCUT2D eigenvalue weighted by Gasteiger charge is 2.54. The van der Waals surface area contributed by atoms with Gasteiger partial charge in [0, 0.05) is 12.0 Å². The molecule has 0 aliphatic heterocycles. The first-order valence-corrected chi connectivity index (χ1v) is 10.1. The highest BCUT2D eigenvalue weighted by atomic mass is 19.4. The zero-order valence-corrected chi connectivity index (χ0v) is 15.9. The minimum atomic E-state index is -4.71. The molecule has 0 heterocycles. The molecule has 0 unspecified atom stereocenters. The van der Waals surface area contributed by atoms with E-state index in [1.165, 1.54) is 19.3 Å². The third-order valence-corrected chi connectivity index (χ3v) is 6.78. The van der Waals surface area contributed by atoms with Gasteiger partial charge in [-0.2, -0.15) is 13.2 Å². The lowest BCUT2D eigenvalue weighted by Gasteiger charge is -2.55. The van der Waals surface area contributed by atoms with Crippen LogP contribution in [0.5, 0.6) is 0 Å². The Bertz CT molecular complexity index is 786. The second-order valence-electron chi connectivity index (χ2n) is 8.96. The molecule has 8 heteroatoms. The van der Waals surface area contributed by atoms with Gasteiger partial charge in [0.25, 0.3) is 0 Å². The van der Waals surface area contributed by atoms with Crippen molar-refractivity contribution in [2.24, 2.45) is 23.2 Å². The predicted octanol–water partition coefficient (Wildman–Crippen LogP) is 3.79. The molecule has 5 rings (SSSR count). The number of amides is 2. The molecule has 0 atom stereocenters. The van der Waals surface area contributed by atoms with Gasteiger partial charge in [0.05, 0.1) is 12.1 Å². The maximum absolute atomic E-state index is 13.2. The minimum Gasteiger partial charge on any atom is -0.350 e. The standard InChI is InChI=1S/C21H24F4N2O2/c22-16-2-1-15(17(6-16)21(23,24)25)10-26-18(28)11-27-19(29)20-7-12-3-13(8-20)5-14(4-12)9-20/h1-2,6,12-14H,3-5,7-11H2,(H,26,28)(H,27,29). The van der Waals surface area contributed by atoms with E-state index in [0.717, 1.165) is 31.4 Å². The van der Waals surface area contributed by atoms with Crippen LogP contribution >= 0.6 is 0 Å². The number of carbonyl (C=O) groups excluding carboxylic acids is 2. The Labute approximate surface area is 166 Å². The number of hydrogen-bond acceptors (Lipinski definition) is 2. The molecule has 0 spiro atoms. The fourth-order valence-electron chi connectivity index (χ4n) is 5.96. The lowest BCUT2D eigenvalue weighted by molar-refractivity contribution is -0.147. The Kier molecular flexibility index (Phi) is 5.07. The minimum absolute atomic E-state index is 0.107. The molecule has 4 aliphatic carbocycles. The second-order valence-corrected chi connectivity index (χ2v) is 8.96. The summed E-state index contributed by atoms with van der Waals surface area (Å²) in [5, 5.41) is 5.08. The van der Waals surface area contributed by atoms with Crippen LogP contribution in [0.3, 0.4) is 0 Å². The average molecular weight is 412 g/mol. The summed E-state index contributed by atoms with van der Waals surface area (Å²) < 4.78 is 52.2. The Balaban J connectivity index is 1.32. The zero-order valence-electron chi connectivity index (χ0n) is 15.9. The van der Waals surface area contributed by atoms with Crippen LogP contribution in [0.1, 0.15) is 49.7 Å². The molecule has 4 bridgehead atoms. The lowest BCUT2D eigenvalue weighted by atomic mass is 9.49. The summed E-state index contributed by atoms with van der Waals surface area (Å²) in [6, 6.07) is 2.34. The largest absolute Gasteiger partial charge is 0.416 e. The van der Waals surface area contributed by atoms with Crippen molar-refractivity contribution < 1.29 is 27.2 Å². The van der Waals surface area contributed by atoms with Crippen LogP contribution in [0, 0.1) is 29.0 Å². The molecular weight excluding hydrogens is 388 g/mol. The first kappa shape index (κ1) is 20.2. The van der Waals surface area contributed by atoms with Gasteiger partial charge in [-0.3, -0.25) is 9.59 Å². The first-order valence-electron chi connectivity index (χ1n) is 10.1. The molecule has 2 N–H and O–H groups in total. The monoisotopic (exact) mass is 412 g/mol. The third kappa shape index (κ3) is 4.12. The smallest absolute Gasteiger partial charge is 0.350 e. The van der Waals surface area contributed by atoms with E-state index >= 15 is 0 Å². The average Bonchev–Trinajstić information content (AvgIpc) is 2.63. The number of hydrogen-bond donors (Lipinski definition) is 2. The number of halogens is 4.